The first kappa shape index (κ1) is 15.6. The molecule has 4 nitrogen and oxygen atoms in total. The SMILES string of the molecule is CCC(C)(C(=O)CCCS(C)(=O)=O)N1CCCC1. The molecule has 1 unspecified atom stereocenters. The predicted molar refractivity (Wildman–Crippen MR) is 73.5 cm³/mol. The van der Waals surface area contributed by atoms with Gasteiger partial charge < -0.3 is 0 Å². The molecule has 1 aliphatic rings. The van der Waals surface area contributed by atoms with Crippen molar-refractivity contribution in [3.05, 3.63) is 0 Å². The number of hydrogen-bond acceptors (Lipinski definition) is 4. The van der Waals surface area contributed by atoms with E-state index in [-0.39, 0.29) is 11.5 Å². The highest BCUT2D eigenvalue weighted by Gasteiger charge is 2.37. The predicted octanol–water partition coefficient (Wildman–Crippen LogP) is 1.64. The molecular weight excluding hydrogens is 250 g/mol. The van der Waals surface area contributed by atoms with Crippen molar-refractivity contribution >= 4 is 15.6 Å². The van der Waals surface area contributed by atoms with Crippen molar-refractivity contribution in [1.82, 2.24) is 4.90 Å². The third kappa shape index (κ3) is 4.05. The van der Waals surface area contributed by atoms with Gasteiger partial charge in [-0.15, -0.1) is 0 Å². The molecule has 1 fully saturated rings. The van der Waals surface area contributed by atoms with E-state index in [1.165, 1.54) is 6.26 Å². The third-order valence-corrected chi connectivity index (χ3v) is 5.04. The second-order valence-electron chi connectivity index (χ2n) is 5.48. The summed E-state index contributed by atoms with van der Waals surface area (Å²) in [5.41, 5.74) is -0.395. The van der Waals surface area contributed by atoms with Gasteiger partial charge in [0.05, 0.1) is 11.3 Å². The standard InChI is InChI=1S/C13H25NO3S/c1-4-13(2,14-9-5-6-10-14)12(15)8-7-11-18(3,16)17/h4-11H2,1-3H3. The molecule has 1 heterocycles. The fraction of sp³-hybridized carbons (Fsp3) is 0.923. The molecule has 0 radical (unpaired) electrons. The van der Waals surface area contributed by atoms with Crippen LogP contribution in [0.15, 0.2) is 0 Å². The van der Waals surface area contributed by atoms with E-state index in [0.717, 1.165) is 32.4 Å². The van der Waals surface area contributed by atoms with Gasteiger partial charge in [-0.1, -0.05) is 6.92 Å². The lowest BCUT2D eigenvalue weighted by atomic mass is 9.89. The molecular formula is C13H25NO3S. The lowest BCUT2D eigenvalue weighted by Crippen LogP contribution is -2.50. The summed E-state index contributed by atoms with van der Waals surface area (Å²) in [7, 11) is -2.96. The normalized spacial score (nSPS) is 20.8. The van der Waals surface area contributed by atoms with Crippen LogP contribution in [0.2, 0.25) is 0 Å². The smallest absolute Gasteiger partial charge is 0.152 e. The summed E-state index contributed by atoms with van der Waals surface area (Å²) < 4.78 is 22.1. The Bertz CT molecular complexity index is 385. The Morgan fingerprint density at radius 2 is 1.83 bits per heavy atom. The van der Waals surface area contributed by atoms with Gasteiger partial charge in [-0.05, 0) is 45.7 Å². The highest BCUT2D eigenvalue weighted by molar-refractivity contribution is 7.90. The molecule has 0 aromatic rings. The molecule has 0 N–H and O–H groups in total. The number of likely N-dealkylation sites (tertiary alicyclic amines) is 1. The van der Waals surface area contributed by atoms with E-state index in [1.807, 2.05) is 13.8 Å². The average molecular weight is 275 g/mol. The lowest BCUT2D eigenvalue weighted by Gasteiger charge is -2.36. The van der Waals surface area contributed by atoms with E-state index in [1.54, 1.807) is 0 Å². The number of nitrogens with zero attached hydrogens (tertiary/aromatic N) is 1. The molecule has 0 spiro atoms. The van der Waals surface area contributed by atoms with Gasteiger partial charge in [0, 0.05) is 12.7 Å². The van der Waals surface area contributed by atoms with E-state index in [9.17, 15) is 13.2 Å². The molecule has 18 heavy (non-hydrogen) atoms. The monoisotopic (exact) mass is 275 g/mol. The van der Waals surface area contributed by atoms with Crippen LogP contribution in [-0.2, 0) is 14.6 Å². The molecule has 0 bridgehead atoms. The molecule has 1 aliphatic heterocycles. The van der Waals surface area contributed by atoms with Crippen molar-refractivity contribution in [2.75, 3.05) is 25.1 Å². The van der Waals surface area contributed by atoms with Crippen LogP contribution in [0, 0.1) is 0 Å². The van der Waals surface area contributed by atoms with Crippen molar-refractivity contribution in [3.8, 4) is 0 Å². The number of ketones is 1. The number of hydrogen-bond donors (Lipinski definition) is 0. The maximum atomic E-state index is 12.3. The summed E-state index contributed by atoms with van der Waals surface area (Å²) in [6.45, 7) is 6.01. The molecule has 0 aromatic heterocycles. The average Bonchev–Trinajstić information content (AvgIpc) is 2.79. The Balaban J connectivity index is 2.56. The number of Topliss-reactive ketones (excluding diaryl/α,β-unsaturated/α-hetero) is 1. The van der Waals surface area contributed by atoms with Crippen LogP contribution in [0.1, 0.15) is 46.0 Å². The van der Waals surface area contributed by atoms with Crippen LogP contribution in [-0.4, -0.2) is 49.7 Å². The highest BCUT2D eigenvalue weighted by Crippen LogP contribution is 2.27. The summed E-state index contributed by atoms with van der Waals surface area (Å²) in [5.74, 6) is 0.300. The number of sulfone groups is 1. The fourth-order valence-electron chi connectivity index (χ4n) is 2.57. The van der Waals surface area contributed by atoms with E-state index in [4.69, 9.17) is 0 Å². The van der Waals surface area contributed by atoms with E-state index < -0.39 is 15.4 Å². The Hall–Kier alpha value is -0.420. The van der Waals surface area contributed by atoms with Gasteiger partial charge >= 0.3 is 0 Å². The summed E-state index contributed by atoms with van der Waals surface area (Å²) in [6, 6.07) is 0. The van der Waals surface area contributed by atoms with Gasteiger partial charge in [-0.3, -0.25) is 9.69 Å². The Morgan fingerprint density at radius 1 is 1.28 bits per heavy atom. The summed E-state index contributed by atoms with van der Waals surface area (Å²) in [5, 5.41) is 0. The van der Waals surface area contributed by atoms with Gasteiger partial charge in [0.2, 0.25) is 0 Å². The second kappa shape index (κ2) is 6.15. The third-order valence-electron chi connectivity index (χ3n) is 4.01. The summed E-state index contributed by atoms with van der Waals surface area (Å²) >= 11 is 0. The second-order valence-corrected chi connectivity index (χ2v) is 7.74. The molecule has 5 heteroatoms. The fourth-order valence-corrected chi connectivity index (χ4v) is 3.24. The first-order chi connectivity index (χ1) is 8.29. The minimum Gasteiger partial charge on any atom is -0.298 e. The van der Waals surface area contributed by atoms with Crippen LogP contribution >= 0.6 is 0 Å². The van der Waals surface area contributed by atoms with E-state index >= 15 is 0 Å². The van der Waals surface area contributed by atoms with E-state index in [2.05, 4.69) is 4.90 Å². The largest absolute Gasteiger partial charge is 0.298 e. The zero-order valence-electron chi connectivity index (χ0n) is 11.7. The molecule has 1 saturated heterocycles. The van der Waals surface area contributed by atoms with Crippen LogP contribution in [0.3, 0.4) is 0 Å². The Kier molecular flexibility index (Phi) is 5.34. The molecule has 1 atom stereocenters. The van der Waals surface area contributed by atoms with Gasteiger partial charge in [-0.2, -0.15) is 0 Å². The van der Waals surface area contributed by atoms with Crippen molar-refractivity contribution in [1.29, 1.82) is 0 Å². The summed E-state index contributed by atoms with van der Waals surface area (Å²) in [6.07, 6.45) is 5.15. The Labute approximate surface area is 111 Å². The Morgan fingerprint density at radius 3 is 2.28 bits per heavy atom. The van der Waals surface area contributed by atoms with Gasteiger partial charge in [0.15, 0.2) is 5.78 Å². The summed E-state index contributed by atoms with van der Waals surface area (Å²) in [4.78, 5) is 14.6. The molecule has 106 valence electrons. The van der Waals surface area contributed by atoms with Gasteiger partial charge in [0.1, 0.15) is 9.84 Å². The molecule has 0 amide bonds. The molecule has 0 aromatic carbocycles. The molecule has 1 rings (SSSR count). The van der Waals surface area contributed by atoms with Crippen molar-refractivity contribution in [2.24, 2.45) is 0 Å². The van der Waals surface area contributed by atoms with Crippen LogP contribution in [0.4, 0.5) is 0 Å². The number of rotatable bonds is 7. The first-order valence-corrected chi connectivity index (χ1v) is 8.82. The molecule has 0 aliphatic carbocycles. The number of carbonyl (C=O) groups excluding carboxylic acids is 1. The highest BCUT2D eigenvalue weighted by atomic mass is 32.2. The van der Waals surface area contributed by atoms with Crippen molar-refractivity contribution in [2.45, 2.75) is 51.5 Å². The lowest BCUT2D eigenvalue weighted by molar-refractivity contribution is -0.130. The first-order valence-electron chi connectivity index (χ1n) is 6.75. The molecule has 0 saturated carbocycles. The van der Waals surface area contributed by atoms with Gasteiger partial charge in [-0.25, -0.2) is 8.42 Å². The quantitative estimate of drug-likeness (QED) is 0.709. The number of carbonyl (C=O) groups is 1. The topological polar surface area (TPSA) is 54.5 Å². The maximum Gasteiger partial charge on any atom is 0.152 e. The van der Waals surface area contributed by atoms with E-state index in [0.29, 0.717) is 12.8 Å². The zero-order chi connectivity index (χ0) is 13.8. The zero-order valence-corrected chi connectivity index (χ0v) is 12.6. The minimum absolute atomic E-state index is 0.110. The maximum absolute atomic E-state index is 12.3. The van der Waals surface area contributed by atoms with Crippen molar-refractivity contribution in [3.63, 3.8) is 0 Å². The minimum atomic E-state index is -2.96. The van der Waals surface area contributed by atoms with Crippen LogP contribution in [0.25, 0.3) is 0 Å². The van der Waals surface area contributed by atoms with Crippen molar-refractivity contribution < 1.29 is 13.2 Å². The van der Waals surface area contributed by atoms with Gasteiger partial charge in [0.25, 0.3) is 0 Å². The van der Waals surface area contributed by atoms with Crippen LogP contribution < -0.4 is 0 Å². The van der Waals surface area contributed by atoms with Crippen LogP contribution in [0.5, 0.6) is 0 Å².